The Kier molecular flexibility index (Phi) is 6.80. The van der Waals surface area contributed by atoms with E-state index in [-0.39, 0.29) is 18.1 Å². The van der Waals surface area contributed by atoms with Crippen LogP contribution in [0.5, 0.6) is 0 Å². The molecule has 1 aliphatic rings. The Morgan fingerprint density at radius 2 is 1.73 bits per heavy atom. The third-order valence-corrected chi connectivity index (χ3v) is 5.50. The molecule has 2 atom stereocenters. The van der Waals surface area contributed by atoms with Crippen LogP contribution in [0.4, 0.5) is 11.4 Å². The van der Waals surface area contributed by atoms with Crippen LogP contribution >= 0.6 is 0 Å². The highest BCUT2D eigenvalue weighted by atomic mass is 32.2. The molecule has 1 fully saturated rings. The number of carbonyl (C=O) groups excluding carboxylic acids is 1. The molecule has 2 unspecified atom stereocenters. The van der Waals surface area contributed by atoms with E-state index in [2.05, 4.69) is 28.8 Å². The first-order chi connectivity index (χ1) is 14.1. The molecule has 0 radical (unpaired) electrons. The van der Waals surface area contributed by atoms with E-state index in [0.717, 1.165) is 37.0 Å². The number of hydrogen-bond donors (Lipinski definition) is 2. The Morgan fingerprint density at radius 3 is 2.33 bits per heavy atom. The van der Waals surface area contributed by atoms with Crippen LogP contribution < -0.4 is 10.0 Å². The van der Waals surface area contributed by atoms with E-state index >= 15 is 0 Å². The lowest BCUT2D eigenvalue weighted by molar-refractivity contribution is -0.0704. The number of hydrogen-bond acceptors (Lipinski definition) is 5. The minimum atomic E-state index is -3.40. The van der Waals surface area contributed by atoms with E-state index in [0.29, 0.717) is 16.9 Å². The number of aryl methyl sites for hydroxylation is 1. The quantitative estimate of drug-likeness (QED) is 0.733. The molecule has 8 heteroatoms. The molecule has 1 saturated heterocycles. The SMILES string of the molecule is Cc1ccc(NC(=O)c2ccc(CN3CC(C)OC(C)C3)cc2)cc1NS(C)(=O)=O. The summed E-state index contributed by atoms with van der Waals surface area (Å²) in [6, 6.07) is 12.7. The maximum Gasteiger partial charge on any atom is 0.255 e. The molecule has 2 aromatic rings. The Labute approximate surface area is 178 Å². The van der Waals surface area contributed by atoms with Crippen molar-refractivity contribution < 1.29 is 17.9 Å². The number of nitrogens with one attached hydrogen (secondary N) is 2. The van der Waals surface area contributed by atoms with Gasteiger partial charge in [0.05, 0.1) is 24.2 Å². The number of amides is 1. The van der Waals surface area contributed by atoms with Crippen LogP contribution in [0.1, 0.15) is 35.3 Å². The van der Waals surface area contributed by atoms with Crippen molar-refractivity contribution >= 4 is 27.3 Å². The number of ether oxygens (including phenoxy) is 1. The topological polar surface area (TPSA) is 87.7 Å². The van der Waals surface area contributed by atoms with Gasteiger partial charge in [0, 0.05) is 30.9 Å². The highest BCUT2D eigenvalue weighted by Gasteiger charge is 2.22. The molecule has 3 rings (SSSR count). The molecule has 2 aromatic carbocycles. The number of rotatable bonds is 6. The molecule has 30 heavy (non-hydrogen) atoms. The Hall–Kier alpha value is -2.42. The molecule has 0 saturated carbocycles. The summed E-state index contributed by atoms with van der Waals surface area (Å²) in [6.45, 7) is 8.57. The van der Waals surface area contributed by atoms with Crippen LogP contribution in [0.25, 0.3) is 0 Å². The third-order valence-electron chi connectivity index (χ3n) is 4.91. The predicted octanol–water partition coefficient (Wildman–Crippen LogP) is 3.23. The Morgan fingerprint density at radius 1 is 1.10 bits per heavy atom. The van der Waals surface area contributed by atoms with Crippen molar-refractivity contribution in [2.24, 2.45) is 0 Å². The van der Waals surface area contributed by atoms with Gasteiger partial charge in [0.15, 0.2) is 0 Å². The van der Waals surface area contributed by atoms with Gasteiger partial charge in [-0.3, -0.25) is 14.4 Å². The fourth-order valence-corrected chi connectivity index (χ4v) is 4.27. The predicted molar refractivity (Wildman–Crippen MR) is 119 cm³/mol. The van der Waals surface area contributed by atoms with Crippen molar-refractivity contribution in [2.75, 3.05) is 29.4 Å². The summed E-state index contributed by atoms with van der Waals surface area (Å²) in [7, 11) is -3.40. The summed E-state index contributed by atoms with van der Waals surface area (Å²) >= 11 is 0. The summed E-state index contributed by atoms with van der Waals surface area (Å²) in [5, 5.41) is 2.82. The van der Waals surface area contributed by atoms with Crippen molar-refractivity contribution in [1.29, 1.82) is 0 Å². The minimum absolute atomic E-state index is 0.218. The van der Waals surface area contributed by atoms with E-state index in [1.165, 1.54) is 0 Å². The first kappa shape index (κ1) is 22.3. The molecule has 7 nitrogen and oxygen atoms in total. The standard InChI is InChI=1S/C22H29N3O4S/c1-15-5-10-20(11-21(15)24-30(4,27)28)23-22(26)19-8-6-18(7-9-19)14-25-12-16(2)29-17(3)13-25/h5-11,16-17,24H,12-14H2,1-4H3,(H,23,26). The molecule has 162 valence electrons. The summed E-state index contributed by atoms with van der Waals surface area (Å²) < 4.78 is 31.3. The largest absolute Gasteiger partial charge is 0.373 e. The second-order valence-corrected chi connectivity index (χ2v) is 9.75. The van der Waals surface area contributed by atoms with Crippen LogP contribution in [-0.2, 0) is 21.3 Å². The van der Waals surface area contributed by atoms with Gasteiger partial charge >= 0.3 is 0 Å². The average molecular weight is 432 g/mol. The second kappa shape index (κ2) is 9.16. The van der Waals surface area contributed by atoms with Crippen molar-refractivity contribution in [2.45, 2.75) is 39.5 Å². The van der Waals surface area contributed by atoms with Gasteiger partial charge in [-0.2, -0.15) is 0 Å². The van der Waals surface area contributed by atoms with Gasteiger partial charge in [0.25, 0.3) is 5.91 Å². The molecule has 0 spiro atoms. The van der Waals surface area contributed by atoms with E-state index in [4.69, 9.17) is 4.74 Å². The molecule has 0 bridgehead atoms. The van der Waals surface area contributed by atoms with E-state index in [9.17, 15) is 13.2 Å². The molecule has 0 aromatic heterocycles. The third kappa shape index (κ3) is 6.29. The molecular formula is C22H29N3O4S. The van der Waals surface area contributed by atoms with Crippen molar-refractivity contribution in [3.8, 4) is 0 Å². The number of nitrogens with zero attached hydrogens (tertiary/aromatic N) is 1. The van der Waals surface area contributed by atoms with Crippen molar-refractivity contribution in [1.82, 2.24) is 4.90 Å². The first-order valence-electron chi connectivity index (χ1n) is 9.95. The summed E-state index contributed by atoms with van der Waals surface area (Å²) in [5.74, 6) is -0.246. The molecule has 2 N–H and O–H groups in total. The molecule has 1 aliphatic heterocycles. The average Bonchev–Trinajstić information content (AvgIpc) is 2.63. The smallest absolute Gasteiger partial charge is 0.255 e. The zero-order chi connectivity index (χ0) is 21.9. The van der Waals surface area contributed by atoms with Crippen molar-refractivity contribution in [3.05, 3.63) is 59.2 Å². The first-order valence-corrected chi connectivity index (χ1v) is 11.8. The number of benzene rings is 2. The van der Waals surface area contributed by atoms with Crippen LogP contribution in [0.2, 0.25) is 0 Å². The minimum Gasteiger partial charge on any atom is -0.373 e. The zero-order valence-corrected chi connectivity index (χ0v) is 18.6. The van der Waals surface area contributed by atoms with Gasteiger partial charge in [-0.1, -0.05) is 18.2 Å². The van der Waals surface area contributed by atoms with E-state index in [1.54, 1.807) is 25.1 Å². The lowest BCUT2D eigenvalue weighted by Crippen LogP contribution is -2.44. The van der Waals surface area contributed by atoms with Crippen LogP contribution in [0.15, 0.2) is 42.5 Å². The fraction of sp³-hybridized carbons (Fsp3) is 0.409. The van der Waals surface area contributed by atoms with Crippen molar-refractivity contribution in [3.63, 3.8) is 0 Å². The van der Waals surface area contributed by atoms with E-state index in [1.807, 2.05) is 24.3 Å². The van der Waals surface area contributed by atoms with Gasteiger partial charge in [-0.05, 0) is 56.2 Å². The number of anilines is 2. The highest BCUT2D eigenvalue weighted by molar-refractivity contribution is 7.92. The van der Waals surface area contributed by atoms with Gasteiger partial charge in [0.2, 0.25) is 10.0 Å². The molecule has 1 amide bonds. The van der Waals surface area contributed by atoms with E-state index < -0.39 is 10.0 Å². The monoisotopic (exact) mass is 431 g/mol. The lowest BCUT2D eigenvalue weighted by Gasteiger charge is -2.35. The summed E-state index contributed by atoms with van der Waals surface area (Å²) in [6.07, 6.45) is 1.53. The number of morpholine rings is 1. The maximum absolute atomic E-state index is 12.6. The maximum atomic E-state index is 12.6. The molecular weight excluding hydrogens is 402 g/mol. The van der Waals surface area contributed by atoms with Gasteiger partial charge in [-0.25, -0.2) is 8.42 Å². The summed E-state index contributed by atoms with van der Waals surface area (Å²) in [4.78, 5) is 15.0. The normalized spacial score (nSPS) is 20.0. The van der Waals surface area contributed by atoms with Crippen LogP contribution in [-0.4, -0.2) is 50.8 Å². The summed E-state index contributed by atoms with van der Waals surface area (Å²) in [5.41, 5.74) is 3.43. The van der Waals surface area contributed by atoms with Gasteiger partial charge in [-0.15, -0.1) is 0 Å². The Bertz CT molecular complexity index is 996. The lowest BCUT2D eigenvalue weighted by atomic mass is 10.1. The fourth-order valence-electron chi connectivity index (χ4n) is 3.65. The zero-order valence-electron chi connectivity index (χ0n) is 17.8. The van der Waals surface area contributed by atoms with Crippen LogP contribution in [0.3, 0.4) is 0 Å². The number of carbonyl (C=O) groups is 1. The molecule has 0 aliphatic carbocycles. The highest BCUT2D eigenvalue weighted by Crippen LogP contribution is 2.22. The van der Waals surface area contributed by atoms with Gasteiger partial charge < -0.3 is 10.1 Å². The number of sulfonamides is 1. The molecule has 1 heterocycles. The van der Waals surface area contributed by atoms with Gasteiger partial charge in [0.1, 0.15) is 0 Å². The van der Waals surface area contributed by atoms with Crippen LogP contribution in [0, 0.1) is 6.92 Å². The second-order valence-electron chi connectivity index (χ2n) is 8.01. The Balaban J connectivity index is 1.64.